The predicted octanol–water partition coefficient (Wildman–Crippen LogP) is 1.55. The predicted molar refractivity (Wildman–Crippen MR) is 93.5 cm³/mol. The van der Waals surface area contributed by atoms with Gasteiger partial charge in [-0.25, -0.2) is 12.8 Å². The van der Waals surface area contributed by atoms with E-state index in [9.17, 15) is 17.6 Å². The Hall–Kier alpha value is -1.67. The highest BCUT2D eigenvalue weighted by molar-refractivity contribution is 7.90. The fourth-order valence-electron chi connectivity index (χ4n) is 2.27. The van der Waals surface area contributed by atoms with Crippen molar-refractivity contribution in [2.75, 3.05) is 18.6 Å². The molecule has 2 unspecified atom stereocenters. The van der Waals surface area contributed by atoms with E-state index in [1.165, 1.54) is 6.07 Å². The van der Waals surface area contributed by atoms with Gasteiger partial charge in [0.2, 0.25) is 5.91 Å². The average Bonchev–Trinajstić information content (AvgIpc) is 3.34. The number of sulfone groups is 1. The molecule has 1 aromatic rings. The van der Waals surface area contributed by atoms with E-state index in [4.69, 9.17) is 10.5 Å². The Morgan fingerprint density at radius 2 is 2.12 bits per heavy atom. The van der Waals surface area contributed by atoms with Crippen LogP contribution in [-0.4, -0.2) is 39.0 Å². The molecular formula is C17H25FN2O4S. The number of hydrogen-bond acceptors (Lipinski definition) is 5. The maximum Gasteiger partial charge on any atom is 0.237 e. The Balaban J connectivity index is 1.89. The first-order valence-corrected chi connectivity index (χ1v) is 10.4. The monoisotopic (exact) mass is 372 g/mol. The second-order valence-corrected chi connectivity index (χ2v) is 8.96. The number of amides is 1. The zero-order chi connectivity index (χ0) is 18.6. The minimum absolute atomic E-state index is 0.0414. The van der Waals surface area contributed by atoms with Gasteiger partial charge in [-0.15, -0.1) is 0 Å². The summed E-state index contributed by atoms with van der Waals surface area (Å²) in [5.41, 5.74) is 6.29. The maximum absolute atomic E-state index is 14.1. The summed E-state index contributed by atoms with van der Waals surface area (Å²) >= 11 is 0. The van der Waals surface area contributed by atoms with Crippen LogP contribution in [0.1, 0.15) is 37.8 Å². The molecule has 8 heteroatoms. The summed E-state index contributed by atoms with van der Waals surface area (Å²) in [6, 6.07) is 3.19. The van der Waals surface area contributed by atoms with Gasteiger partial charge >= 0.3 is 0 Å². The first-order chi connectivity index (χ1) is 11.7. The molecule has 0 saturated heterocycles. The molecule has 1 fully saturated rings. The van der Waals surface area contributed by atoms with E-state index in [-0.39, 0.29) is 17.9 Å². The Labute approximate surface area is 147 Å². The van der Waals surface area contributed by atoms with Crippen LogP contribution < -0.4 is 15.8 Å². The molecule has 1 amide bonds. The molecule has 6 nitrogen and oxygen atoms in total. The number of rotatable bonds is 9. The van der Waals surface area contributed by atoms with Gasteiger partial charge in [-0.05, 0) is 49.8 Å². The van der Waals surface area contributed by atoms with E-state index in [0.717, 1.165) is 19.1 Å². The lowest BCUT2D eigenvalue weighted by molar-refractivity contribution is -0.123. The highest BCUT2D eigenvalue weighted by Gasteiger charge is 2.23. The Morgan fingerprint density at radius 1 is 1.44 bits per heavy atom. The second-order valence-electron chi connectivity index (χ2n) is 6.70. The molecule has 1 aliphatic carbocycles. The number of hydrogen-bond donors (Lipinski definition) is 2. The smallest absolute Gasteiger partial charge is 0.237 e. The van der Waals surface area contributed by atoms with Gasteiger partial charge in [0.05, 0.1) is 24.4 Å². The van der Waals surface area contributed by atoms with Crippen LogP contribution in [-0.2, 0) is 14.6 Å². The van der Waals surface area contributed by atoms with Crippen LogP contribution >= 0.6 is 0 Å². The molecule has 0 heterocycles. The molecule has 25 heavy (non-hydrogen) atoms. The Morgan fingerprint density at radius 3 is 2.68 bits per heavy atom. The maximum atomic E-state index is 14.1. The van der Waals surface area contributed by atoms with Crippen molar-refractivity contribution in [2.24, 2.45) is 11.7 Å². The van der Waals surface area contributed by atoms with Crippen LogP contribution in [0.4, 0.5) is 4.39 Å². The van der Waals surface area contributed by atoms with Crippen LogP contribution in [0.25, 0.3) is 0 Å². The lowest BCUT2D eigenvalue weighted by atomic mass is 10.1. The Kier molecular flexibility index (Phi) is 6.40. The molecule has 1 aromatic carbocycles. The zero-order valence-electron chi connectivity index (χ0n) is 14.5. The fraction of sp³-hybridized carbons (Fsp3) is 0.588. The van der Waals surface area contributed by atoms with Crippen LogP contribution in [0.15, 0.2) is 18.2 Å². The van der Waals surface area contributed by atoms with Crippen molar-refractivity contribution in [3.8, 4) is 5.75 Å². The quantitative estimate of drug-likeness (QED) is 0.685. The van der Waals surface area contributed by atoms with Crippen LogP contribution in [0.3, 0.4) is 0 Å². The molecule has 2 rings (SSSR count). The van der Waals surface area contributed by atoms with Crippen molar-refractivity contribution in [2.45, 2.75) is 38.3 Å². The molecule has 0 bridgehead atoms. The third-order valence-electron chi connectivity index (χ3n) is 4.12. The molecule has 0 aromatic heterocycles. The van der Waals surface area contributed by atoms with E-state index >= 15 is 0 Å². The summed E-state index contributed by atoms with van der Waals surface area (Å²) in [6.07, 6.45) is 3.39. The molecule has 0 aliphatic heterocycles. The molecule has 0 spiro atoms. The van der Waals surface area contributed by atoms with Crippen molar-refractivity contribution in [3.63, 3.8) is 0 Å². The fourth-order valence-corrected chi connectivity index (χ4v) is 2.95. The van der Waals surface area contributed by atoms with E-state index in [0.29, 0.717) is 18.1 Å². The molecule has 2 atom stereocenters. The standard InChI is InChI=1S/C17H25FN2O4S/c1-11(20-17(21)15(19)7-8-25(2,22)23)13-5-6-16(14(18)9-13)24-10-12-3-4-12/h5-6,9,11-12,15H,3-4,7-8,10,19H2,1-2H3,(H,20,21). The summed E-state index contributed by atoms with van der Waals surface area (Å²) in [5.74, 6) is -0.353. The lowest BCUT2D eigenvalue weighted by Crippen LogP contribution is -2.42. The Bertz CT molecular complexity index is 719. The van der Waals surface area contributed by atoms with Gasteiger partial charge < -0.3 is 15.8 Å². The topological polar surface area (TPSA) is 98.5 Å². The van der Waals surface area contributed by atoms with Gasteiger partial charge in [0.25, 0.3) is 0 Å². The SMILES string of the molecule is CC(NC(=O)C(N)CCS(C)(=O)=O)c1ccc(OCC2CC2)c(F)c1. The third kappa shape index (κ3) is 6.62. The summed E-state index contributed by atoms with van der Waals surface area (Å²) in [6.45, 7) is 2.23. The van der Waals surface area contributed by atoms with Gasteiger partial charge in [-0.3, -0.25) is 4.79 Å². The molecule has 3 N–H and O–H groups in total. The van der Waals surface area contributed by atoms with Gasteiger partial charge in [0.1, 0.15) is 9.84 Å². The second kappa shape index (κ2) is 8.14. The van der Waals surface area contributed by atoms with Crippen molar-refractivity contribution in [3.05, 3.63) is 29.6 Å². The molecule has 1 aliphatic rings. The minimum atomic E-state index is -3.17. The molecule has 1 saturated carbocycles. The highest BCUT2D eigenvalue weighted by atomic mass is 32.2. The van der Waals surface area contributed by atoms with Crippen LogP contribution in [0, 0.1) is 11.7 Å². The first kappa shape index (κ1) is 19.7. The minimum Gasteiger partial charge on any atom is -0.490 e. The van der Waals surface area contributed by atoms with Gasteiger partial charge in [0, 0.05) is 6.26 Å². The number of carbonyl (C=O) groups is 1. The summed E-state index contributed by atoms with van der Waals surface area (Å²) in [4.78, 5) is 12.0. The molecule has 140 valence electrons. The number of ether oxygens (including phenoxy) is 1. The zero-order valence-corrected chi connectivity index (χ0v) is 15.3. The molecule has 0 radical (unpaired) electrons. The number of nitrogens with one attached hydrogen (secondary N) is 1. The first-order valence-electron chi connectivity index (χ1n) is 8.31. The van der Waals surface area contributed by atoms with Crippen molar-refractivity contribution < 1.29 is 22.3 Å². The summed E-state index contributed by atoms with van der Waals surface area (Å²) < 4.78 is 41.8. The van der Waals surface area contributed by atoms with Crippen molar-refractivity contribution in [1.82, 2.24) is 5.32 Å². The van der Waals surface area contributed by atoms with E-state index in [1.807, 2.05) is 0 Å². The highest BCUT2D eigenvalue weighted by Crippen LogP contribution is 2.30. The van der Waals surface area contributed by atoms with Crippen molar-refractivity contribution >= 4 is 15.7 Å². The normalized spacial score (nSPS) is 17.0. The summed E-state index contributed by atoms with van der Waals surface area (Å²) in [7, 11) is -3.17. The van der Waals surface area contributed by atoms with E-state index < -0.39 is 33.6 Å². The summed E-state index contributed by atoms with van der Waals surface area (Å²) in [5, 5.41) is 2.67. The lowest BCUT2D eigenvalue weighted by Gasteiger charge is -2.18. The van der Waals surface area contributed by atoms with E-state index in [1.54, 1.807) is 19.1 Å². The average molecular weight is 372 g/mol. The van der Waals surface area contributed by atoms with Crippen molar-refractivity contribution in [1.29, 1.82) is 0 Å². The number of carbonyl (C=O) groups excluding carboxylic acids is 1. The van der Waals surface area contributed by atoms with E-state index in [2.05, 4.69) is 5.32 Å². The number of halogens is 1. The van der Waals surface area contributed by atoms with Gasteiger partial charge in [-0.1, -0.05) is 6.07 Å². The van der Waals surface area contributed by atoms with Gasteiger partial charge in [-0.2, -0.15) is 0 Å². The van der Waals surface area contributed by atoms with Crippen LogP contribution in [0.2, 0.25) is 0 Å². The van der Waals surface area contributed by atoms with Gasteiger partial charge in [0.15, 0.2) is 11.6 Å². The number of nitrogens with two attached hydrogens (primary N) is 1. The van der Waals surface area contributed by atoms with Crippen LogP contribution in [0.5, 0.6) is 5.75 Å². The largest absolute Gasteiger partial charge is 0.490 e. The third-order valence-corrected chi connectivity index (χ3v) is 5.10. The molecular weight excluding hydrogens is 347 g/mol. The number of benzene rings is 1.